The van der Waals surface area contributed by atoms with Gasteiger partial charge in [-0.2, -0.15) is 0 Å². The normalized spacial score (nSPS) is 15.3. The predicted molar refractivity (Wildman–Crippen MR) is 56.5 cm³/mol. The van der Waals surface area contributed by atoms with Crippen LogP contribution in [0.15, 0.2) is 11.1 Å². The van der Waals surface area contributed by atoms with Crippen LogP contribution in [0.5, 0.6) is 0 Å². The molecule has 0 radical (unpaired) electrons. The van der Waals surface area contributed by atoms with Gasteiger partial charge in [0, 0.05) is 18.1 Å². The van der Waals surface area contributed by atoms with E-state index in [1.54, 1.807) is 5.54 Å². The van der Waals surface area contributed by atoms with Crippen molar-refractivity contribution in [1.82, 2.24) is 5.32 Å². The average Bonchev–Trinajstić information content (AvgIpc) is 1.99. The van der Waals surface area contributed by atoms with Crippen LogP contribution < -0.4 is 5.32 Å². The summed E-state index contributed by atoms with van der Waals surface area (Å²) in [6.45, 7) is 9.62. The molecule has 1 N–H and O–H groups in total. The second-order valence-corrected chi connectivity index (χ2v) is 4.09. The third-order valence-electron chi connectivity index (χ3n) is 1.74. The van der Waals surface area contributed by atoms with E-state index in [0.29, 0.717) is 6.04 Å². The number of halogens is 1. The van der Waals surface area contributed by atoms with E-state index in [4.69, 9.17) is 11.6 Å². The molecule has 0 amide bonds. The third kappa shape index (κ3) is 6.68. The molecular formula is C10H20ClN. The zero-order chi connectivity index (χ0) is 9.56. The first-order valence-electron chi connectivity index (χ1n) is 4.55. The Labute approximate surface area is 81.2 Å². The molecule has 0 bridgehead atoms. The van der Waals surface area contributed by atoms with Gasteiger partial charge in [0.05, 0.1) is 0 Å². The van der Waals surface area contributed by atoms with Gasteiger partial charge in [0.15, 0.2) is 0 Å². The van der Waals surface area contributed by atoms with Crippen molar-refractivity contribution in [3.63, 3.8) is 0 Å². The molecule has 12 heavy (non-hydrogen) atoms. The molecule has 0 aliphatic rings. The van der Waals surface area contributed by atoms with Gasteiger partial charge in [-0.25, -0.2) is 0 Å². The van der Waals surface area contributed by atoms with Gasteiger partial charge in [0.1, 0.15) is 0 Å². The molecule has 0 rings (SSSR count). The lowest BCUT2D eigenvalue weighted by molar-refractivity contribution is 0.454. The molecule has 0 aliphatic carbocycles. The number of hydrogen-bond acceptors (Lipinski definition) is 1. The Morgan fingerprint density at radius 1 is 1.42 bits per heavy atom. The molecule has 0 saturated heterocycles. The minimum atomic E-state index is 0.580. The van der Waals surface area contributed by atoms with Crippen LogP contribution in [0.4, 0.5) is 0 Å². The molecule has 1 atom stereocenters. The second-order valence-electron chi connectivity index (χ2n) is 3.87. The molecule has 72 valence electrons. The van der Waals surface area contributed by atoms with E-state index in [1.165, 1.54) is 12.0 Å². The zero-order valence-corrected chi connectivity index (χ0v) is 9.28. The van der Waals surface area contributed by atoms with Gasteiger partial charge in [-0.1, -0.05) is 25.4 Å². The van der Waals surface area contributed by atoms with E-state index in [2.05, 4.69) is 26.1 Å². The van der Waals surface area contributed by atoms with Crippen LogP contribution in [0.1, 0.15) is 34.1 Å². The van der Waals surface area contributed by atoms with E-state index < -0.39 is 0 Å². The topological polar surface area (TPSA) is 12.0 Å². The molecule has 0 aromatic heterocycles. The highest BCUT2D eigenvalue weighted by molar-refractivity contribution is 6.25. The fourth-order valence-corrected chi connectivity index (χ4v) is 1.24. The van der Waals surface area contributed by atoms with Gasteiger partial charge in [-0.3, -0.25) is 0 Å². The Bertz CT molecular complexity index is 141. The molecule has 0 aromatic rings. The van der Waals surface area contributed by atoms with Crippen LogP contribution in [-0.2, 0) is 0 Å². The first kappa shape index (κ1) is 12.0. The zero-order valence-electron chi connectivity index (χ0n) is 8.52. The van der Waals surface area contributed by atoms with Crippen LogP contribution in [0.3, 0.4) is 0 Å². The smallest absolute Gasteiger partial charge is 0.0176 e. The molecule has 0 aromatic carbocycles. The molecule has 0 aliphatic heterocycles. The highest BCUT2D eigenvalue weighted by Crippen LogP contribution is 2.04. The minimum Gasteiger partial charge on any atom is -0.310 e. The molecule has 1 nitrogen and oxygen atoms in total. The van der Waals surface area contributed by atoms with Crippen LogP contribution in [0.2, 0.25) is 0 Å². The fourth-order valence-electron chi connectivity index (χ4n) is 1.16. The van der Waals surface area contributed by atoms with Gasteiger partial charge < -0.3 is 5.32 Å². The summed E-state index contributed by atoms with van der Waals surface area (Å²) < 4.78 is 0. The first-order valence-corrected chi connectivity index (χ1v) is 4.99. The van der Waals surface area contributed by atoms with Crippen molar-refractivity contribution in [3.8, 4) is 0 Å². The fraction of sp³-hybridized carbons (Fsp3) is 0.800. The van der Waals surface area contributed by atoms with Crippen LogP contribution in [0, 0.1) is 5.92 Å². The SMILES string of the molecule is CC(=CCl)CNC(C)CC(C)C. The number of nitrogens with one attached hydrogen (secondary N) is 1. The largest absolute Gasteiger partial charge is 0.310 e. The monoisotopic (exact) mass is 189 g/mol. The molecule has 0 fully saturated rings. The summed E-state index contributed by atoms with van der Waals surface area (Å²) in [5, 5.41) is 3.41. The average molecular weight is 190 g/mol. The Morgan fingerprint density at radius 3 is 2.42 bits per heavy atom. The van der Waals surface area contributed by atoms with Crippen LogP contribution in [0.25, 0.3) is 0 Å². The van der Waals surface area contributed by atoms with Gasteiger partial charge >= 0.3 is 0 Å². The van der Waals surface area contributed by atoms with Crippen molar-refractivity contribution in [1.29, 1.82) is 0 Å². The van der Waals surface area contributed by atoms with Crippen molar-refractivity contribution < 1.29 is 0 Å². The van der Waals surface area contributed by atoms with E-state index in [-0.39, 0.29) is 0 Å². The Kier molecular flexibility index (Phi) is 6.49. The van der Waals surface area contributed by atoms with Crippen LogP contribution in [-0.4, -0.2) is 12.6 Å². The summed E-state index contributed by atoms with van der Waals surface area (Å²) in [4.78, 5) is 0. The quantitative estimate of drug-likeness (QED) is 0.701. The van der Waals surface area contributed by atoms with E-state index in [9.17, 15) is 0 Å². The Morgan fingerprint density at radius 2 is 2.00 bits per heavy atom. The third-order valence-corrected chi connectivity index (χ3v) is 2.11. The van der Waals surface area contributed by atoms with Crippen LogP contribution >= 0.6 is 11.6 Å². The van der Waals surface area contributed by atoms with Crippen molar-refractivity contribution in [2.24, 2.45) is 5.92 Å². The van der Waals surface area contributed by atoms with E-state index in [1.807, 2.05) is 6.92 Å². The summed E-state index contributed by atoms with van der Waals surface area (Å²) >= 11 is 5.54. The maximum Gasteiger partial charge on any atom is 0.0176 e. The van der Waals surface area contributed by atoms with Crippen molar-refractivity contribution in [2.75, 3.05) is 6.54 Å². The maximum absolute atomic E-state index is 5.54. The molecule has 2 heteroatoms. The highest BCUT2D eigenvalue weighted by atomic mass is 35.5. The summed E-state index contributed by atoms with van der Waals surface area (Å²) in [7, 11) is 0. The second kappa shape index (κ2) is 6.50. The predicted octanol–water partition coefficient (Wildman–Crippen LogP) is 3.15. The first-order chi connectivity index (χ1) is 5.56. The van der Waals surface area contributed by atoms with Gasteiger partial charge in [-0.15, -0.1) is 0 Å². The van der Waals surface area contributed by atoms with Crippen molar-refractivity contribution >= 4 is 11.6 Å². The molecule has 0 spiro atoms. The van der Waals surface area contributed by atoms with Crippen molar-refractivity contribution in [2.45, 2.75) is 40.2 Å². The van der Waals surface area contributed by atoms with Gasteiger partial charge in [-0.05, 0) is 31.8 Å². The standard InChI is InChI=1S/C10H20ClN/c1-8(2)5-10(4)12-7-9(3)6-11/h6,8,10,12H,5,7H2,1-4H3. The lowest BCUT2D eigenvalue weighted by Crippen LogP contribution is -2.28. The Hall–Kier alpha value is -0.0100. The molecule has 1 unspecified atom stereocenters. The van der Waals surface area contributed by atoms with Gasteiger partial charge in [0.25, 0.3) is 0 Å². The summed E-state index contributed by atoms with van der Waals surface area (Å²) in [5.41, 5.74) is 2.82. The molecular weight excluding hydrogens is 170 g/mol. The summed E-state index contributed by atoms with van der Waals surface area (Å²) in [5.74, 6) is 0.757. The molecule has 0 heterocycles. The summed E-state index contributed by atoms with van der Waals surface area (Å²) in [6, 6.07) is 0.580. The lowest BCUT2D eigenvalue weighted by atomic mass is 10.1. The molecule has 0 saturated carbocycles. The minimum absolute atomic E-state index is 0.580. The highest BCUT2D eigenvalue weighted by Gasteiger charge is 2.03. The maximum atomic E-state index is 5.54. The lowest BCUT2D eigenvalue weighted by Gasteiger charge is -2.15. The van der Waals surface area contributed by atoms with Gasteiger partial charge in [0.2, 0.25) is 0 Å². The number of rotatable bonds is 5. The van der Waals surface area contributed by atoms with E-state index in [0.717, 1.165) is 12.5 Å². The summed E-state index contributed by atoms with van der Waals surface area (Å²) in [6.07, 6.45) is 1.22. The van der Waals surface area contributed by atoms with E-state index >= 15 is 0 Å². The van der Waals surface area contributed by atoms with Crippen molar-refractivity contribution in [3.05, 3.63) is 11.1 Å². The Balaban J connectivity index is 3.50. The number of hydrogen-bond donors (Lipinski definition) is 1.